The van der Waals surface area contributed by atoms with Gasteiger partial charge in [0.15, 0.2) is 0 Å². The van der Waals surface area contributed by atoms with Gasteiger partial charge in [-0.25, -0.2) is 4.98 Å². The maximum Gasteiger partial charge on any atom is 0.107 e. The van der Waals surface area contributed by atoms with Crippen LogP contribution in [0.3, 0.4) is 0 Å². The van der Waals surface area contributed by atoms with Crippen molar-refractivity contribution in [3.8, 4) is 11.3 Å². The van der Waals surface area contributed by atoms with Gasteiger partial charge in [0.1, 0.15) is 5.01 Å². The Morgan fingerprint density at radius 1 is 1.26 bits per heavy atom. The quantitative estimate of drug-likeness (QED) is 0.852. The van der Waals surface area contributed by atoms with Gasteiger partial charge in [0.2, 0.25) is 0 Å². The Labute approximate surface area is 127 Å². The molecule has 2 rings (SSSR count). The summed E-state index contributed by atoms with van der Waals surface area (Å²) < 4.78 is 0. The Hall–Kier alpha value is -0.610. The number of hydrogen-bond acceptors (Lipinski definition) is 3. The maximum atomic E-state index is 6.02. The third-order valence-corrected chi connectivity index (χ3v) is 4.18. The van der Waals surface area contributed by atoms with E-state index >= 15 is 0 Å². The maximum absolute atomic E-state index is 6.02. The van der Waals surface area contributed by atoms with E-state index in [0.29, 0.717) is 16.0 Å². The third-order valence-electron chi connectivity index (χ3n) is 2.60. The molecule has 0 spiro atoms. The van der Waals surface area contributed by atoms with Gasteiger partial charge in [0, 0.05) is 17.5 Å². The molecule has 0 unspecified atom stereocenters. The lowest BCUT2D eigenvalue weighted by atomic mass is 10.2. The van der Waals surface area contributed by atoms with Crippen molar-refractivity contribution in [1.29, 1.82) is 0 Å². The van der Waals surface area contributed by atoms with Crippen molar-refractivity contribution in [3.05, 3.63) is 38.6 Å². The molecule has 19 heavy (non-hydrogen) atoms. The molecular weight excluding hydrogens is 299 g/mol. The zero-order chi connectivity index (χ0) is 13.8. The largest absolute Gasteiger partial charge is 0.310 e. The standard InChI is InChI=1S/C14H16Cl2N2S/c1-9(2)6-17-7-14-18-13(8-19-14)10-3-4-11(15)12(16)5-10/h3-5,8-9,17H,6-7H2,1-2H3. The first-order valence-corrected chi connectivity index (χ1v) is 7.80. The average Bonchev–Trinajstić information content (AvgIpc) is 2.81. The van der Waals surface area contributed by atoms with Crippen LogP contribution in [-0.4, -0.2) is 11.5 Å². The van der Waals surface area contributed by atoms with Crippen molar-refractivity contribution >= 4 is 34.5 Å². The van der Waals surface area contributed by atoms with Crippen LogP contribution in [0.5, 0.6) is 0 Å². The number of nitrogens with zero attached hydrogens (tertiary/aromatic N) is 1. The van der Waals surface area contributed by atoms with E-state index < -0.39 is 0 Å². The number of hydrogen-bond donors (Lipinski definition) is 1. The number of thiazole rings is 1. The van der Waals surface area contributed by atoms with Gasteiger partial charge in [-0.15, -0.1) is 11.3 Å². The number of aromatic nitrogens is 1. The molecule has 1 N–H and O–H groups in total. The molecule has 1 aromatic carbocycles. The monoisotopic (exact) mass is 314 g/mol. The van der Waals surface area contributed by atoms with Crippen molar-refractivity contribution in [3.63, 3.8) is 0 Å². The Morgan fingerprint density at radius 3 is 2.74 bits per heavy atom. The molecule has 0 aliphatic heterocycles. The van der Waals surface area contributed by atoms with E-state index in [1.165, 1.54) is 0 Å². The number of benzene rings is 1. The van der Waals surface area contributed by atoms with Crippen LogP contribution >= 0.6 is 34.5 Å². The van der Waals surface area contributed by atoms with Crippen LogP contribution in [0.25, 0.3) is 11.3 Å². The van der Waals surface area contributed by atoms with Gasteiger partial charge in [-0.05, 0) is 24.6 Å². The van der Waals surface area contributed by atoms with E-state index in [4.69, 9.17) is 23.2 Å². The molecule has 1 aromatic heterocycles. The van der Waals surface area contributed by atoms with Gasteiger partial charge in [-0.2, -0.15) is 0 Å². The molecule has 0 aliphatic carbocycles. The summed E-state index contributed by atoms with van der Waals surface area (Å²) in [7, 11) is 0. The first-order valence-electron chi connectivity index (χ1n) is 6.17. The molecule has 0 radical (unpaired) electrons. The van der Waals surface area contributed by atoms with Crippen molar-refractivity contribution in [2.75, 3.05) is 6.54 Å². The molecule has 0 aliphatic rings. The molecule has 0 saturated carbocycles. The van der Waals surface area contributed by atoms with Crippen molar-refractivity contribution < 1.29 is 0 Å². The molecule has 2 aromatic rings. The van der Waals surface area contributed by atoms with Gasteiger partial charge < -0.3 is 5.32 Å². The lowest BCUT2D eigenvalue weighted by Gasteiger charge is -2.04. The highest BCUT2D eigenvalue weighted by atomic mass is 35.5. The Kier molecular flexibility index (Phi) is 5.22. The van der Waals surface area contributed by atoms with Gasteiger partial charge >= 0.3 is 0 Å². The molecule has 2 nitrogen and oxygen atoms in total. The fourth-order valence-corrected chi connectivity index (χ4v) is 2.72. The summed E-state index contributed by atoms with van der Waals surface area (Å²) in [6.45, 7) is 6.19. The Morgan fingerprint density at radius 2 is 2.05 bits per heavy atom. The third kappa shape index (κ3) is 4.18. The topological polar surface area (TPSA) is 24.9 Å². The smallest absolute Gasteiger partial charge is 0.107 e. The van der Waals surface area contributed by atoms with E-state index in [1.54, 1.807) is 17.4 Å². The van der Waals surface area contributed by atoms with Crippen LogP contribution in [0.2, 0.25) is 10.0 Å². The lowest BCUT2D eigenvalue weighted by molar-refractivity contribution is 0.551. The summed E-state index contributed by atoms with van der Waals surface area (Å²) >= 11 is 13.6. The van der Waals surface area contributed by atoms with Crippen molar-refractivity contribution in [2.45, 2.75) is 20.4 Å². The van der Waals surface area contributed by atoms with Crippen LogP contribution in [0, 0.1) is 5.92 Å². The van der Waals surface area contributed by atoms with Crippen LogP contribution in [-0.2, 0) is 6.54 Å². The fourth-order valence-electron chi connectivity index (χ4n) is 1.65. The zero-order valence-corrected chi connectivity index (χ0v) is 13.2. The van der Waals surface area contributed by atoms with Gasteiger partial charge in [0.25, 0.3) is 0 Å². The Bertz CT molecular complexity index is 552. The fraction of sp³-hybridized carbons (Fsp3) is 0.357. The number of halogens is 2. The summed E-state index contributed by atoms with van der Waals surface area (Å²) in [4.78, 5) is 4.60. The summed E-state index contributed by atoms with van der Waals surface area (Å²) in [6.07, 6.45) is 0. The molecule has 5 heteroatoms. The van der Waals surface area contributed by atoms with E-state index in [-0.39, 0.29) is 0 Å². The predicted octanol–water partition coefficient (Wildman–Crippen LogP) is 4.86. The second kappa shape index (κ2) is 6.71. The van der Waals surface area contributed by atoms with Crippen LogP contribution in [0.4, 0.5) is 0 Å². The van der Waals surface area contributed by atoms with E-state index in [9.17, 15) is 0 Å². The molecule has 0 fully saturated rings. The lowest BCUT2D eigenvalue weighted by Crippen LogP contribution is -2.18. The van der Waals surface area contributed by atoms with Crippen LogP contribution in [0.1, 0.15) is 18.9 Å². The van der Waals surface area contributed by atoms with Crippen molar-refractivity contribution in [1.82, 2.24) is 10.3 Å². The summed E-state index contributed by atoms with van der Waals surface area (Å²) in [5.74, 6) is 0.648. The minimum atomic E-state index is 0.562. The van der Waals surface area contributed by atoms with Crippen molar-refractivity contribution in [2.24, 2.45) is 5.92 Å². The highest BCUT2D eigenvalue weighted by Crippen LogP contribution is 2.29. The number of nitrogens with one attached hydrogen (secondary N) is 1. The minimum Gasteiger partial charge on any atom is -0.310 e. The minimum absolute atomic E-state index is 0.562. The molecule has 0 amide bonds. The molecule has 0 saturated heterocycles. The summed E-state index contributed by atoms with van der Waals surface area (Å²) in [6, 6.07) is 5.59. The van der Waals surface area contributed by atoms with Gasteiger partial charge in [0.05, 0.1) is 15.7 Å². The summed E-state index contributed by atoms with van der Waals surface area (Å²) in [5, 5.41) is 7.65. The van der Waals surface area contributed by atoms with Crippen LogP contribution < -0.4 is 5.32 Å². The zero-order valence-electron chi connectivity index (χ0n) is 10.9. The van der Waals surface area contributed by atoms with E-state index in [0.717, 1.165) is 29.4 Å². The average molecular weight is 315 g/mol. The molecular formula is C14H16Cl2N2S. The first-order chi connectivity index (χ1) is 9.06. The molecule has 1 heterocycles. The highest BCUT2D eigenvalue weighted by Gasteiger charge is 2.07. The second-order valence-electron chi connectivity index (χ2n) is 4.78. The second-order valence-corrected chi connectivity index (χ2v) is 6.54. The molecule has 0 bridgehead atoms. The normalized spacial score (nSPS) is 11.2. The SMILES string of the molecule is CC(C)CNCc1nc(-c2ccc(Cl)c(Cl)c2)cs1. The predicted molar refractivity (Wildman–Crippen MR) is 84.1 cm³/mol. The summed E-state index contributed by atoms with van der Waals surface area (Å²) in [5.41, 5.74) is 1.95. The van der Waals surface area contributed by atoms with Crippen LogP contribution in [0.15, 0.2) is 23.6 Å². The highest BCUT2D eigenvalue weighted by molar-refractivity contribution is 7.09. The van der Waals surface area contributed by atoms with Gasteiger partial charge in [-0.1, -0.05) is 43.1 Å². The first kappa shape index (κ1) is 14.8. The van der Waals surface area contributed by atoms with Gasteiger partial charge in [-0.3, -0.25) is 0 Å². The molecule has 0 atom stereocenters. The van der Waals surface area contributed by atoms with E-state index in [1.807, 2.05) is 17.5 Å². The Balaban J connectivity index is 2.05. The number of rotatable bonds is 5. The molecule has 102 valence electrons. The van der Waals surface area contributed by atoms with E-state index in [2.05, 4.69) is 24.1 Å².